The van der Waals surface area contributed by atoms with E-state index >= 15 is 0 Å². The first kappa shape index (κ1) is 24.1. The molecule has 0 bridgehead atoms. The van der Waals surface area contributed by atoms with Crippen LogP contribution >= 0.6 is 11.3 Å². The number of thiophene rings is 1. The van der Waals surface area contributed by atoms with Crippen molar-refractivity contribution in [3.05, 3.63) is 22.6 Å². The topological polar surface area (TPSA) is 71.5 Å². The number of ether oxygens (including phenoxy) is 1. The summed E-state index contributed by atoms with van der Waals surface area (Å²) in [7, 11) is 1.33. The molecule has 1 atom stereocenters. The van der Waals surface area contributed by atoms with Crippen LogP contribution in [0.4, 0.5) is 27.8 Å². The predicted octanol–water partition coefficient (Wildman–Crippen LogP) is 4.48. The van der Waals surface area contributed by atoms with E-state index in [9.17, 15) is 31.5 Å². The molecule has 6 nitrogen and oxygen atoms in total. The second-order valence-corrected chi connectivity index (χ2v) is 8.86. The molecule has 3 rings (SSSR count). The zero-order chi connectivity index (χ0) is 23.8. The summed E-state index contributed by atoms with van der Waals surface area (Å²) in [5.41, 5.74) is -1.32. The van der Waals surface area contributed by atoms with Crippen molar-refractivity contribution in [1.82, 2.24) is 10.3 Å². The Kier molecular flexibility index (Phi) is 6.64. The van der Waals surface area contributed by atoms with Gasteiger partial charge in [-0.1, -0.05) is 13.8 Å². The highest BCUT2D eigenvalue weighted by Gasteiger charge is 2.48. The molecule has 1 unspecified atom stereocenters. The van der Waals surface area contributed by atoms with Crippen LogP contribution < -0.4 is 10.2 Å². The Morgan fingerprint density at radius 2 is 2.06 bits per heavy atom. The zero-order valence-electron chi connectivity index (χ0n) is 17.6. The summed E-state index contributed by atoms with van der Waals surface area (Å²) in [5.74, 6) is -5.24. The van der Waals surface area contributed by atoms with Crippen LogP contribution in [0.25, 0.3) is 10.2 Å². The second kappa shape index (κ2) is 8.80. The van der Waals surface area contributed by atoms with Crippen LogP contribution in [0, 0.1) is 5.92 Å². The van der Waals surface area contributed by atoms with Crippen LogP contribution in [0.5, 0.6) is 0 Å². The molecule has 1 aliphatic rings. The molecule has 2 aromatic rings. The largest absolute Gasteiger partial charge is 0.456 e. The van der Waals surface area contributed by atoms with E-state index in [2.05, 4.69) is 10.3 Å². The number of aromatic nitrogens is 1. The first-order chi connectivity index (χ1) is 14.8. The summed E-state index contributed by atoms with van der Waals surface area (Å²) in [5, 5.41) is 3.59. The first-order valence-electron chi connectivity index (χ1n) is 9.87. The van der Waals surface area contributed by atoms with E-state index < -0.39 is 42.2 Å². The average molecular weight is 479 g/mol. The maximum Gasteiger partial charge on any atom is 0.417 e. The van der Waals surface area contributed by atoms with Crippen molar-refractivity contribution in [2.24, 2.45) is 5.92 Å². The molecule has 2 aromatic heterocycles. The van der Waals surface area contributed by atoms with Gasteiger partial charge in [-0.2, -0.15) is 13.2 Å². The van der Waals surface area contributed by atoms with Gasteiger partial charge in [0.1, 0.15) is 5.82 Å². The van der Waals surface area contributed by atoms with Gasteiger partial charge in [-0.3, -0.25) is 9.59 Å². The summed E-state index contributed by atoms with van der Waals surface area (Å²) in [6, 6.07) is 0.716. The number of pyridine rings is 1. The summed E-state index contributed by atoms with van der Waals surface area (Å²) >= 11 is 0.711. The number of esters is 1. The quantitative estimate of drug-likeness (QED) is 0.506. The number of anilines is 1. The van der Waals surface area contributed by atoms with E-state index in [1.165, 1.54) is 12.4 Å². The minimum atomic E-state index is -4.77. The van der Waals surface area contributed by atoms with Gasteiger partial charge in [-0.15, -0.1) is 11.3 Å². The molecular weight excluding hydrogens is 457 g/mol. The molecular formula is C20H22F5N3O3S. The number of nitrogens with one attached hydrogen (secondary N) is 1. The monoisotopic (exact) mass is 479 g/mol. The number of amides is 1. The van der Waals surface area contributed by atoms with Gasteiger partial charge in [0.15, 0.2) is 6.10 Å². The highest BCUT2D eigenvalue weighted by atomic mass is 32.1. The predicted molar refractivity (Wildman–Crippen MR) is 109 cm³/mol. The Hall–Kier alpha value is -2.50. The molecule has 176 valence electrons. The summed E-state index contributed by atoms with van der Waals surface area (Å²) in [6.45, 7) is 2.44. The third-order valence-corrected chi connectivity index (χ3v) is 6.00. The van der Waals surface area contributed by atoms with Gasteiger partial charge < -0.3 is 15.0 Å². The molecule has 1 N–H and O–H groups in total. The van der Waals surface area contributed by atoms with E-state index in [4.69, 9.17) is 4.74 Å². The number of rotatable bonds is 5. The lowest BCUT2D eigenvalue weighted by atomic mass is 10.0. The van der Waals surface area contributed by atoms with Gasteiger partial charge in [0, 0.05) is 31.8 Å². The molecule has 0 aromatic carbocycles. The van der Waals surface area contributed by atoms with Crippen molar-refractivity contribution in [3.63, 3.8) is 0 Å². The van der Waals surface area contributed by atoms with Crippen molar-refractivity contribution in [2.45, 2.75) is 44.9 Å². The van der Waals surface area contributed by atoms with Crippen LogP contribution in [0.2, 0.25) is 0 Å². The number of nitrogens with zero attached hydrogens (tertiary/aromatic N) is 2. The highest BCUT2D eigenvalue weighted by molar-refractivity contribution is 7.17. The minimum Gasteiger partial charge on any atom is -0.456 e. The minimum absolute atomic E-state index is 0.0100. The third-order valence-electron chi connectivity index (χ3n) is 4.99. The fourth-order valence-corrected chi connectivity index (χ4v) is 4.49. The Bertz CT molecular complexity index is 1020. The number of carbonyl (C=O) groups excluding carboxylic acids is 2. The summed E-state index contributed by atoms with van der Waals surface area (Å²) in [6.07, 6.45) is -6.72. The molecule has 1 fully saturated rings. The van der Waals surface area contributed by atoms with Crippen LogP contribution in [-0.4, -0.2) is 49.0 Å². The van der Waals surface area contributed by atoms with E-state index in [1.807, 2.05) is 0 Å². The van der Waals surface area contributed by atoms with Gasteiger partial charge in [0.2, 0.25) is 0 Å². The van der Waals surface area contributed by atoms with Gasteiger partial charge in [0.25, 0.3) is 5.91 Å². The maximum atomic E-state index is 14.7. The first-order valence-corrected chi connectivity index (χ1v) is 10.7. The fourth-order valence-electron chi connectivity index (χ4n) is 3.46. The van der Waals surface area contributed by atoms with Crippen molar-refractivity contribution in [1.29, 1.82) is 0 Å². The molecule has 32 heavy (non-hydrogen) atoms. The Balaban J connectivity index is 1.94. The molecule has 3 heterocycles. The molecule has 0 saturated carbocycles. The Morgan fingerprint density at radius 3 is 2.62 bits per heavy atom. The van der Waals surface area contributed by atoms with E-state index in [0.29, 0.717) is 17.4 Å². The van der Waals surface area contributed by atoms with Crippen LogP contribution in [0.15, 0.2) is 11.4 Å². The molecule has 1 aliphatic heterocycles. The molecule has 12 heteroatoms. The van der Waals surface area contributed by atoms with Crippen LogP contribution in [0.1, 0.15) is 42.6 Å². The highest BCUT2D eigenvalue weighted by Crippen LogP contribution is 2.41. The van der Waals surface area contributed by atoms with Gasteiger partial charge in [0.05, 0.1) is 27.9 Å². The third kappa shape index (κ3) is 4.94. The molecule has 0 radical (unpaired) electrons. The number of alkyl halides is 5. The summed E-state index contributed by atoms with van der Waals surface area (Å²) in [4.78, 5) is 29.0. The number of piperidine rings is 1. The van der Waals surface area contributed by atoms with Gasteiger partial charge >= 0.3 is 18.1 Å². The van der Waals surface area contributed by atoms with Crippen molar-refractivity contribution < 1.29 is 36.3 Å². The lowest BCUT2D eigenvalue weighted by Crippen LogP contribution is -2.53. The van der Waals surface area contributed by atoms with Crippen molar-refractivity contribution >= 4 is 39.2 Å². The zero-order valence-corrected chi connectivity index (χ0v) is 18.4. The second-order valence-electron chi connectivity index (χ2n) is 7.98. The van der Waals surface area contributed by atoms with Crippen LogP contribution in [0.3, 0.4) is 0 Å². The van der Waals surface area contributed by atoms with E-state index in [0.717, 1.165) is 4.90 Å². The van der Waals surface area contributed by atoms with Crippen molar-refractivity contribution in [2.75, 3.05) is 25.0 Å². The number of carbonyl (C=O) groups is 2. The summed E-state index contributed by atoms with van der Waals surface area (Å²) < 4.78 is 75.2. The number of hydrogen-bond acceptors (Lipinski definition) is 6. The molecule has 0 spiro atoms. The van der Waals surface area contributed by atoms with E-state index in [1.54, 1.807) is 13.8 Å². The van der Waals surface area contributed by atoms with Gasteiger partial charge in [-0.05, 0) is 12.0 Å². The Morgan fingerprint density at radius 1 is 1.38 bits per heavy atom. The van der Waals surface area contributed by atoms with Gasteiger partial charge in [-0.25, -0.2) is 13.8 Å². The lowest BCUT2D eigenvalue weighted by Gasteiger charge is -2.38. The molecule has 1 saturated heterocycles. The van der Waals surface area contributed by atoms with E-state index in [-0.39, 0.29) is 46.9 Å². The SMILES string of the molecule is CNC(=O)c1csc2c(C(F)(F)F)cc(N3CCC(OC(=O)CC(C)C)C(F)(F)C3)nc12. The standard InChI is InChI=1S/C20H22F5N3O3S/c1-10(2)6-15(29)31-13-4-5-28(9-19(13,21)22)14-7-12(20(23,24)25)17-16(27-14)11(8-32-17)18(30)26-3/h7-8,10,13H,4-6,9H2,1-3H3,(H,26,30). The molecule has 1 amide bonds. The van der Waals surface area contributed by atoms with Crippen molar-refractivity contribution in [3.8, 4) is 0 Å². The number of halogens is 5. The smallest absolute Gasteiger partial charge is 0.417 e. The lowest BCUT2D eigenvalue weighted by molar-refractivity contribution is -0.176. The van der Waals surface area contributed by atoms with Crippen LogP contribution in [-0.2, 0) is 15.7 Å². The fraction of sp³-hybridized carbons (Fsp3) is 0.550. The number of fused-ring (bicyclic) bond motifs is 1. The Labute approximate surface area is 184 Å². The number of hydrogen-bond donors (Lipinski definition) is 1. The maximum absolute atomic E-state index is 14.7. The normalized spacial score (nSPS) is 18.8. The molecule has 0 aliphatic carbocycles. The average Bonchev–Trinajstić information content (AvgIpc) is 3.10.